The first-order chi connectivity index (χ1) is 18.2. The highest BCUT2D eigenvalue weighted by Gasteiger charge is 2.38. The van der Waals surface area contributed by atoms with Gasteiger partial charge in [-0.3, -0.25) is 19.2 Å². The van der Waals surface area contributed by atoms with E-state index in [9.17, 15) is 29.1 Å². The van der Waals surface area contributed by atoms with Gasteiger partial charge in [-0.25, -0.2) is 9.78 Å². The van der Waals surface area contributed by atoms with E-state index in [-0.39, 0.29) is 19.3 Å². The molecule has 0 spiro atoms. The molecule has 38 heavy (non-hydrogen) atoms. The number of nitrogens with zero attached hydrogens (tertiary/aromatic N) is 2. The maximum Gasteiger partial charge on any atom is 0.326 e. The predicted molar refractivity (Wildman–Crippen MR) is 134 cm³/mol. The third kappa shape index (κ3) is 7.87. The lowest BCUT2D eigenvalue weighted by Crippen LogP contribution is -2.57. The fourth-order valence-corrected chi connectivity index (χ4v) is 4.36. The lowest BCUT2D eigenvalue weighted by Gasteiger charge is -2.28. The summed E-state index contributed by atoms with van der Waals surface area (Å²) >= 11 is 0. The van der Waals surface area contributed by atoms with Crippen LogP contribution in [0.4, 0.5) is 0 Å². The molecule has 3 rings (SSSR count). The minimum absolute atomic E-state index is 0.0592. The molecule has 1 aromatic heterocycles. The van der Waals surface area contributed by atoms with Gasteiger partial charge in [0.2, 0.25) is 17.7 Å². The summed E-state index contributed by atoms with van der Waals surface area (Å²) in [5, 5.41) is 23.4. The van der Waals surface area contributed by atoms with Crippen molar-refractivity contribution in [2.24, 2.45) is 5.73 Å². The van der Waals surface area contributed by atoms with Crippen LogP contribution in [0.2, 0.25) is 0 Å². The van der Waals surface area contributed by atoms with Crippen molar-refractivity contribution in [1.82, 2.24) is 25.5 Å². The standard InChI is InChI=1S/C25H32N6O7/c26-17(12-16-13-27-14-28-16)24(36)31-10-4-7-20(31)23(35)30-19(11-15-5-2-1-3-6-15)22(34)29-18(25(37)38)8-9-21(32)33/h1-3,5-6,13-14,17-20H,4,7-12,26H2,(H,27,28)(H,29,34)(H,30,35)(H,32,33)(H,37,38). The second-order valence-electron chi connectivity index (χ2n) is 9.16. The van der Waals surface area contributed by atoms with Crippen LogP contribution in [-0.2, 0) is 36.8 Å². The maximum atomic E-state index is 13.3. The van der Waals surface area contributed by atoms with Gasteiger partial charge in [-0.2, -0.15) is 0 Å². The Morgan fingerprint density at radius 3 is 2.45 bits per heavy atom. The first-order valence-electron chi connectivity index (χ1n) is 12.3. The molecule has 1 aliphatic heterocycles. The third-order valence-electron chi connectivity index (χ3n) is 6.33. The Labute approximate surface area is 218 Å². The number of hydrogen-bond acceptors (Lipinski definition) is 7. The number of carboxylic acids is 2. The van der Waals surface area contributed by atoms with Gasteiger partial charge in [-0.15, -0.1) is 0 Å². The van der Waals surface area contributed by atoms with E-state index in [0.717, 1.165) is 0 Å². The van der Waals surface area contributed by atoms with E-state index in [0.29, 0.717) is 30.6 Å². The van der Waals surface area contributed by atoms with E-state index >= 15 is 0 Å². The van der Waals surface area contributed by atoms with E-state index in [1.54, 1.807) is 36.5 Å². The number of carbonyl (C=O) groups is 5. The Bertz CT molecular complexity index is 1120. The Kier molecular flexibility index (Phi) is 9.93. The summed E-state index contributed by atoms with van der Waals surface area (Å²) in [6, 6.07) is 4.48. The molecule has 13 nitrogen and oxygen atoms in total. The molecule has 1 aliphatic rings. The van der Waals surface area contributed by atoms with Gasteiger partial charge in [0.15, 0.2) is 0 Å². The lowest BCUT2D eigenvalue weighted by atomic mass is 10.0. The molecule has 2 heterocycles. The van der Waals surface area contributed by atoms with E-state index in [1.165, 1.54) is 11.2 Å². The van der Waals surface area contributed by atoms with Gasteiger partial charge < -0.3 is 36.5 Å². The predicted octanol–water partition coefficient (Wildman–Crippen LogP) is -0.568. The molecule has 1 saturated heterocycles. The molecule has 0 saturated carbocycles. The van der Waals surface area contributed by atoms with Crippen molar-refractivity contribution >= 4 is 29.7 Å². The van der Waals surface area contributed by atoms with E-state index in [2.05, 4.69) is 20.6 Å². The van der Waals surface area contributed by atoms with Crippen LogP contribution < -0.4 is 16.4 Å². The topological polar surface area (TPSA) is 208 Å². The van der Waals surface area contributed by atoms with Gasteiger partial charge in [-0.05, 0) is 24.8 Å². The number of nitrogens with two attached hydrogens (primary N) is 1. The molecule has 0 bridgehead atoms. The summed E-state index contributed by atoms with van der Waals surface area (Å²) in [6.07, 6.45) is 3.50. The number of H-pyrrole nitrogens is 1. The molecule has 2 aromatic rings. The number of benzene rings is 1. The van der Waals surface area contributed by atoms with Crippen molar-refractivity contribution in [3.63, 3.8) is 0 Å². The third-order valence-corrected chi connectivity index (χ3v) is 6.33. The minimum atomic E-state index is -1.45. The molecule has 204 valence electrons. The number of rotatable bonds is 13. The van der Waals surface area contributed by atoms with Crippen molar-refractivity contribution in [2.45, 2.75) is 62.7 Å². The average Bonchev–Trinajstić information content (AvgIpc) is 3.58. The van der Waals surface area contributed by atoms with Crippen LogP contribution in [0.3, 0.4) is 0 Å². The van der Waals surface area contributed by atoms with Crippen molar-refractivity contribution in [3.05, 3.63) is 54.1 Å². The van der Waals surface area contributed by atoms with Crippen LogP contribution in [-0.4, -0.2) is 85.5 Å². The zero-order chi connectivity index (χ0) is 27.7. The highest BCUT2D eigenvalue weighted by Crippen LogP contribution is 2.19. The first kappa shape index (κ1) is 28.3. The number of aliphatic carboxylic acids is 2. The number of aromatic amines is 1. The Hall–Kier alpha value is -4.26. The highest BCUT2D eigenvalue weighted by atomic mass is 16.4. The molecule has 1 fully saturated rings. The average molecular weight is 529 g/mol. The number of imidazole rings is 1. The van der Waals surface area contributed by atoms with Gasteiger partial charge in [0.25, 0.3) is 0 Å². The molecule has 3 amide bonds. The van der Waals surface area contributed by atoms with Crippen LogP contribution >= 0.6 is 0 Å². The summed E-state index contributed by atoms with van der Waals surface area (Å²) in [6.45, 7) is 0.333. The Morgan fingerprint density at radius 2 is 1.82 bits per heavy atom. The Morgan fingerprint density at radius 1 is 1.08 bits per heavy atom. The second-order valence-corrected chi connectivity index (χ2v) is 9.16. The molecule has 1 aromatic carbocycles. The lowest BCUT2D eigenvalue weighted by molar-refractivity contribution is -0.144. The fourth-order valence-electron chi connectivity index (χ4n) is 4.36. The fraction of sp³-hybridized carbons (Fsp3) is 0.440. The number of carbonyl (C=O) groups excluding carboxylic acids is 3. The largest absolute Gasteiger partial charge is 0.481 e. The summed E-state index contributed by atoms with van der Waals surface area (Å²) in [4.78, 5) is 70.1. The molecule has 0 radical (unpaired) electrons. The number of amides is 3. The second kappa shape index (κ2) is 13.3. The van der Waals surface area contributed by atoms with Crippen LogP contribution in [0.1, 0.15) is 36.9 Å². The van der Waals surface area contributed by atoms with Gasteiger partial charge in [0.05, 0.1) is 12.4 Å². The van der Waals surface area contributed by atoms with Crippen LogP contribution in [0.5, 0.6) is 0 Å². The smallest absolute Gasteiger partial charge is 0.326 e. The van der Waals surface area contributed by atoms with Gasteiger partial charge in [-0.1, -0.05) is 30.3 Å². The zero-order valence-electron chi connectivity index (χ0n) is 20.7. The van der Waals surface area contributed by atoms with E-state index < -0.39 is 60.2 Å². The molecule has 0 aliphatic carbocycles. The highest BCUT2D eigenvalue weighted by molar-refractivity contribution is 5.94. The van der Waals surface area contributed by atoms with Crippen LogP contribution in [0.25, 0.3) is 0 Å². The van der Waals surface area contributed by atoms with Crippen molar-refractivity contribution < 1.29 is 34.2 Å². The molecular formula is C25H32N6O7. The number of carboxylic acid groups (broad SMARTS) is 2. The summed E-state index contributed by atoms with van der Waals surface area (Å²) in [5.74, 6) is -4.31. The monoisotopic (exact) mass is 528 g/mol. The summed E-state index contributed by atoms with van der Waals surface area (Å²) in [5.41, 5.74) is 7.50. The van der Waals surface area contributed by atoms with Gasteiger partial charge in [0, 0.05) is 37.7 Å². The van der Waals surface area contributed by atoms with Crippen molar-refractivity contribution in [1.29, 1.82) is 0 Å². The molecule has 7 N–H and O–H groups in total. The maximum absolute atomic E-state index is 13.3. The van der Waals surface area contributed by atoms with Crippen molar-refractivity contribution in [2.75, 3.05) is 6.54 Å². The number of likely N-dealkylation sites (tertiary alicyclic amines) is 1. The molecule has 4 unspecified atom stereocenters. The van der Waals surface area contributed by atoms with Gasteiger partial charge in [0.1, 0.15) is 18.1 Å². The number of hydrogen-bond donors (Lipinski definition) is 6. The number of nitrogens with one attached hydrogen (secondary N) is 3. The van der Waals surface area contributed by atoms with Gasteiger partial charge >= 0.3 is 11.9 Å². The van der Waals surface area contributed by atoms with Crippen LogP contribution in [0, 0.1) is 0 Å². The SMILES string of the molecule is NC(Cc1cnc[nH]1)C(=O)N1CCCC1C(=O)NC(Cc1ccccc1)C(=O)NC(CCC(=O)O)C(=O)O. The van der Waals surface area contributed by atoms with E-state index in [4.69, 9.17) is 10.8 Å². The summed E-state index contributed by atoms with van der Waals surface area (Å²) < 4.78 is 0. The zero-order valence-corrected chi connectivity index (χ0v) is 20.7. The molecule has 13 heteroatoms. The molecule has 4 atom stereocenters. The van der Waals surface area contributed by atoms with E-state index in [1.807, 2.05) is 0 Å². The normalized spacial score (nSPS) is 17.3. The first-order valence-corrected chi connectivity index (χ1v) is 12.3. The minimum Gasteiger partial charge on any atom is -0.481 e. The van der Waals surface area contributed by atoms with Crippen molar-refractivity contribution in [3.8, 4) is 0 Å². The quantitative estimate of drug-likeness (QED) is 0.196. The number of aromatic nitrogens is 2. The summed E-state index contributed by atoms with van der Waals surface area (Å²) in [7, 11) is 0. The molecular weight excluding hydrogens is 496 g/mol. The van der Waals surface area contributed by atoms with Crippen LogP contribution in [0.15, 0.2) is 42.9 Å². The Balaban J connectivity index is 1.72.